The number of nitrogens with one attached hydrogen (secondary N) is 1. The molecule has 152 valence electrons. The Labute approximate surface area is 166 Å². The quantitative estimate of drug-likeness (QED) is 0.302. The van der Waals surface area contributed by atoms with Crippen molar-refractivity contribution in [2.24, 2.45) is 11.3 Å². The predicted molar refractivity (Wildman–Crippen MR) is 100 cm³/mol. The zero-order valence-electron chi connectivity index (χ0n) is 15.7. The average Bonchev–Trinajstić information content (AvgIpc) is 3.45. The van der Waals surface area contributed by atoms with Crippen LogP contribution in [0, 0.1) is 21.4 Å². The standard InChI is InChI=1S/C20H20N2O7/c1-2-28-19(24)20(12-17(20)18(23)21-25)11-13-3-7-15(8-4-13)29-16-9-5-14(6-10-16)22(26)27/h3-10,17,25H,2,11-12H2,1H3,(H,21,23). The van der Waals surface area contributed by atoms with Gasteiger partial charge in [0.15, 0.2) is 0 Å². The fourth-order valence-electron chi connectivity index (χ4n) is 3.31. The first-order valence-electron chi connectivity index (χ1n) is 9.02. The second-order valence-electron chi connectivity index (χ2n) is 6.78. The van der Waals surface area contributed by atoms with Crippen LogP contribution in [-0.2, 0) is 20.7 Å². The third-order valence-corrected chi connectivity index (χ3v) is 4.91. The Hall–Kier alpha value is -3.46. The summed E-state index contributed by atoms with van der Waals surface area (Å²) in [5, 5.41) is 19.6. The summed E-state index contributed by atoms with van der Waals surface area (Å²) in [6.45, 7) is 1.90. The Bertz CT molecular complexity index is 911. The van der Waals surface area contributed by atoms with Crippen LogP contribution in [0.1, 0.15) is 18.9 Å². The number of hydroxylamine groups is 1. The molecule has 0 heterocycles. The molecule has 0 radical (unpaired) electrons. The lowest BCUT2D eigenvalue weighted by molar-refractivity contribution is -0.384. The molecule has 29 heavy (non-hydrogen) atoms. The molecule has 9 heteroatoms. The molecule has 3 rings (SSSR count). The van der Waals surface area contributed by atoms with E-state index < -0.39 is 28.1 Å². The maximum Gasteiger partial charge on any atom is 0.313 e. The van der Waals surface area contributed by atoms with Gasteiger partial charge in [-0.05, 0) is 49.6 Å². The molecule has 1 aliphatic carbocycles. The van der Waals surface area contributed by atoms with Crippen molar-refractivity contribution in [3.63, 3.8) is 0 Å². The number of non-ortho nitro benzene ring substituents is 1. The molecule has 0 saturated heterocycles. The molecular weight excluding hydrogens is 380 g/mol. The van der Waals surface area contributed by atoms with Gasteiger partial charge < -0.3 is 9.47 Å². The number of nitrogens with zero attached hydrogens (tertiary/aromatic N) is 1. The van der Waals surface area contributed by atoms with Crippen LogP contribution in [0.15, 0.2) is 48.5 Å². The number of carbonyl (C=O) groups excluding carboxylic acids is 2. The van der Waals surface area contributed by atoms with E-state index in [9.17, 15) is 19.7 Å². The van der Waals surface area contributed by atoms with Crippen LogP contribution in [-0.4, -0.2) is 28.6 Å². The fraction of sp³-hybridized carbons (Fsp3) is 0.300. The molecule has 0 bridgehead atoms. The van der Waals surface area contributed by atoms with Crippen LogP contribution in [0.2, 0.25) is 0 Å². The van der Waals surface area contributed by atoms with Crippen molar-refractivity contribution in [1.82, 2.24) is 5.48 Å². The first kappa shape index (κ1) is 20.3. The molecule has 0 spiro atoms. The zero-order chi connectivity index (χ0) is 21.0. The molecular formula is C20H20N2O7. The Morgan fingerprint density at radius 2 is 1.76 bits per heavy atom. The third-order valence-electron chi connectivity index (χ3n) is 4.91. The number of carbonyl (C=O) groups is 2. The van der Waals surface area contributed by atoms with Gasteiger partial charge in [0.05, 0.1) is 22.9 Å². The van der Waals surface area contributed by atoms with E-state index in [1.165, 1.54) is 24.3 Å². The number of esters is 1. The molecule has 2 atom stereocenters. The van der Waals surface area contributed by atoms with Crippen molar-refractivity contribution in [1.29, 1.82) is 0 Å². The van der Waals surface area contributed by atoms with Crippen LogP contribution in [0.5, 0.6) is 11.5 Å². The number of amides is 1. The summed E-state index contributed by atoms with van der Waals surface area (Å²) >= 11 is 0. The largest absolute Gasteiger partial charge is 0.466 e. The highest BCUT2D eigenvalue weighted by Gasteiger charge is 2.64. The molecule has 9 nitrogen and oxygen atoms in total. The van der Waals surface area contributed by atoms with E-state index in [1.807, 2.05) is 0 Å². The van der Waals surface area contributed by atoms with E-state index in [0.717, 1.165) is 5.56 Å². The predicted octanol–water partition coefficient (Wildman–Crippen LogP) is 3.00. The Balaban J connectivity index is 1.69. The van der Waals surface area contributed by atoms with Crippen LogP contribution >= 0.6 is 0 Å². The lowest BCUT2D eigenvalue weighted by Gasteiger charge is -2.16. The van der Waals surface area contributed by atoms with Crippen LogP contribution in [0.4, 0.5) is 5.69 Å². The highest BCUT2D eigenvalue weighted by atomic mass is 16.6. The van der Waals surface area contributed by atoms with E-state index >= 15 is 0 Å². The number of rotatable bonds is 8. The van der Waals surface area contributed by atoms with E-state index in [2.05, 4.69) is 0 Å². The van der Waals surface area contributed by atoms with Gasteiger partial charge >= 0.3 is 5.97 Å². The van der Waals surface area contributed by atoms with Gasteiger partial charge in [0.25, 0.3) is 5.69 Å². The Morgan fingerprint density at radius 1 is 1.17 bits per heavy atom. The molecule has 1 aliphatic rings. The van der Waals surface area contributed by atoms with Gasteiger partial charge in [-0.3, -0.25) is 24.9 Å². The van der Waals surface area contributed by atoms with E-state index in [4.69, 9.17) is 14.7 Å². The maximum absolute atomic E-state index is 12.4. The molecule has 0 aliphatic heterocycles. The SMILES string of the molecule is CCOC(=O)C1(Cc2ccc(Oc3ccc([N+](=O)[O-])cc3)cc2)CC1C(=O)NO. The summed E-state index contributed by atoms with van der Waals surface area (Å²) < 4.78 is 10.8. The smallest absolute Gasteiger partial charge is 0.313 e. The van der Waals surface area contributed by atoms with Crippen molar-refractivity contribution in [2.45, 2.75) is 19.8 Å². The molecule has 1 fully saturated rings. The van der Waals surface area contributed by atoms with Gasteiger partial charge in [-0.15, -0.1) is 0 Å². The van der Waals surface area contributed by atoms with Crippen molar-refractivity contribution >= 4 is 17.6 Å². The topological polar surface area (TPSA) is 128 Å². The second kappa shape index (κ2) is 8.27. The number of benzene rings is 2. The lowest BCUT2D eigenvalue weighted by Crippen LogP contribution is -2.30. The summed E-state index contributed by atoms with van der Waals surface area (Å²) in [6, 6.07) is 12.7. The number of ether oxygens (including phenoxy) is 2. The van der Waals surface area contributed by atoms with Gasteiger partial charge in [0.2, 0.25) is 5.91 Å². The first-order chi connectivity index (χ1) is 13.9. The summed E-state index contributed by atoms with van der Waals surface area (Å²) in [5.74, 6) is -0.722. The Morgan fingerprint density at radius 3 is 2.28 bits per heavy atom. The fourth-order valence-corrected chi connectivity index (χ4v) is 3.31. The number of hydrogen-bond acceptors (Lipinski definition) is 7. The molecule has 2 aromatic rings. The number of nitro groups is 1. The van der Waals surface area contributed by atoms with Gasteiger partial charge in [-0.1, -0.05) is 12.1 Å². The average molecular weight is 400 g/mol. The third kappa shape index (κ3) is 4.35. The molecule has 1 amide bonds. The van der Waals surface area contributed by atoms with Crippen LogP contribution < -0.4 is 10.2 Å². The van der Waals surface area contributed by atoms with Gasteiger partial charge in [0, 0.05) is 12.1 Å². The summed E-state index contributed by atoms with van der Waals surface area (Å²) in [7, 11) is 0. The first-order valence-corrected chi connectivity index (χ1v) is 9.02. The minimum atomic E-state index is -0.983. The lowest BCUT2D eigenvalue weighted by atomic mass is 9.93. The number of nitro benzene ring substituents is 1. The Kier molecular flexibility index (Phi) is 5.79. The highest BCUT2D eigenvalue weighted by Crippen LogP contribution is 2.56. The van der Waals surface area contributed by atoms with E-state index in [0.29, 0.717) is 24.3 Å². The normalized spacial score (nSPS) is 19.9. The van der Waals surface area contributed by atoms with Crippen LogP contribution in [0.3, 0.4) is 0 Å². The molecule has 2 N–H and O–H groups in total. The zero-order valence-corrected chi connectivity index (χ0v) is 15.7. The summed E-state index contributed by atoms with van der Waals surface area (Å²) in [4.78, 5) is 34.4. The summed E-state index contributed by atoms with van der Waals surface area (Å²) in [5.41, 5.74) is 1.40. The van der Waals surface area contributed by atoms with E-state index in [1.54, 1.807) is 36.7 Å². The highest BCUT2D eigenvalue weighted by molar-refractivity contribution is 5.93. The number of hydrogen-bond donors (Lipinski definition) is 2. The minimum Gasteiger partial charge on any atom is -0.466 e. The molecule has 2 aromatic carbocycles. The monoisotopic (exact) mass is 400 g/mol. The van der Waals surface area contributed by atoms with Crippen molar-refractivity contribution < 1.29 is 29.2 Å². The van der Waals surface area contributed by atoms with Crippen LogP contribution in [0.25, 0.3) is 0 Å². The minimum absolute atomic E-state index is 0.0251. The van der Waals surface area contributed by atoms with Crippen molar-refractivity contribution in [3.8, 4) is 11.5 Å². The maximum atomic E-state index is 12.4. The van der Waals surface area contributed by atoms with Gasteiger partial charge in [0.1, 0.15) is 11.5 Å². The second-order valence-corrected chi connectivity index (χ2v) is 6.78. The van der Waals surface area contributed by atoms with Crippen molar-refractivity contribution in [3.05, 3.63) is 64.2 Å². The molecule has 1 saturated carbocycles. The van der Waals surface area contributed by atoms with E-state index in [-0.39, 0.29) is 12.3 Å². The van der Waals surface area contributed by atoms with Crippen molar-refractivity contribution in [2.75, 3.05) is 6.61 Å². The van der Waals surface area contributed by atoms with Gasteiger partial charge in [-0.2, -0.15) is 0 Å². The molecule has 0 aromatic heterocycles. The summed E-state index contributed by atoms with van der Waals surface area (Å²) in [6.07, 6.45) is 0.598. The molecule has 2 unspecified atom stereocenters. The van der Waals surface area contributed by atoms with Gasteiger partial charge in [-0.25, -0.2) is 5.48 Å².